The van der Waals surface area contributed by atoms with E-state index in [9.17, 15) is 8.42 Å². The van der Waals surface area contributed by atoms with Gasteiger partial charge in [-0.25, -0.2) is 13.4 Å². The van der Waals surface area contributed by atoms with E-state index in [-0.39, 0.29) is 5.92 Å². The van der Waals surface area contributed by atoms with Crippen LogP contribution in [-0.2, 0) is 22.8 Å². The maximum Gasteiger partial charge on any atom is 0.151 e. The van der Waals surface area contributed by atoms with Gasteiger partial charge in [-0.1, -0.05) is 6.92 Å². The van der Waals surface area contributed by atoms with Crippen LogP contribution in [0, 0.1) is 5.92 Å². The van der Waals surface area contributed by atoms with Gasteiger partial charge < -0.3 is 4.57 Å². The number of fused-ring (bicyclic) bond motifs is 1. The van der Waals surface area contributed by atoms with Gasteiger partial charge in [-0.05, 0) is 18.8 Å². The van der Waals surface area contributed by atoms with E-state index in [1.54, 1.807) is 0 Å². The van der Waals surface area contributed by atoms with Crippen LogP contribution in [0.25, 0.3) is 0 Å². The van der Waals surface area contributed by atoms with Crippen molar-refractivity contribution < 1.29 is 8.42 Å². The summed E-state index contributed by atoms with van der Waals surface area (Å²) in [4.78, 5) is 4.63. The molecule has 1 fully saturated rings. The van der Waals surface area contributed by atoms with Gasteiger partial charge in [0.1, 0.15) is 5.82 Å². The SMILES string of the molecule is CC1CCc2nc(C3CCS(=O)(=O)C3)cn2C1. The van der Waals surface area contributed by atoms with E-state index in [0.29, 0.717) is 17.4 Å². The summed E-state index contributed by atoms with van der Waals surface area (Å²) < 4.78 is 25.2. The molecule has 0 spiro atoms. The van der Waals surface area contributed by atoms with Crippen LogP contribution in [0.5, 0.6) is 0 Å². The second-order valence-corrected chi connectivity index (χ2v) is 7.71. The molecule has 0 N–H and O–H groups in total. The van der Waals surface area contributed by atoms with E-state index in [2.05, 4.69) is 22.7 Å². The molecule has 0 saturated carbocycles. The van der Waals surface area contributed by atoms with Gasteiger partial charge >= 0.3 is 0 Å². The molecule has 0 radical (unpaired) electrons. The molecule has 5 heteroatoms. The highest BCUT2D eigenvalue weighted by Gasteiger charge is 2.31. The third-order valence-corrected chi connectivity index (χ3v) is 5.67. The van der Waals surface area contributed by atoms with Gasteiger partial charge in [0.2, 0.25) is 0 Å². The van der Waals surface area contributed by atoms with Gasteiger partial charge in [-0.2, -0.15) is 0 Å². The molecule has 0 aliphatic carbocycles. The average Bonchev–Trinajstić information content (AvgIpc) is 2.80. The summed E-state index contributed by atoms with van der Waals surface area (Å²) in [6, 6.07) is 0. The Hall–Kier alpha value is -0.840. The number of nitrogens with zero attached hydrogens (tertiary/aromatic N) is 2. The van der Waals surface area contributed by atoms with Crippen molar-refractivity contribution in [2.24, 2.45) is 5.92 Å². The zero-order valence-electron chi connectivity index (χ0n) is 10.1. The maximum atomic E-state index is 11.5. The molecule has 17 heavy (non-hydrogen) atoms. The second-order valence-electron chi connectivity index (χ2n) is 5.48. The quantitative estimate of drug-likeness (QED) is 0.760. The average molecular weight is 254 g/mol. The number of hydrogen-bond donors (Lipinski definition) is 0. The topological polar surface area (TPSA) is 52.0 Å². The fourth-order valence-corrected chi connectivity index (χ4v) is 4.62. The number of aromatic nitrogens is 2. The summed E-state index contributed by atoms with van der Waals surface area (Å²) in [6.45, 7) is 3.28. The standard InChI is InChI=1S/C12H18N2O2S/c1-9-2-3-12-13-11(7-14(12)6-9)10-4-5-17(15,16)8-10/h7,9-10H,2-6,8H2,1H3. The number of sulfone groups is 1. The Morgan fingerprint density at radius 3 is 2.94 bits per heavy atom. The molecule has 0 aromatic carbocycles. The lowest BCUT2D eigenvalue weighted by atomic mass is 10.0. The highest BCUT2D eigenvalue weighted by Crippen LogP contribution is 2.30. The highest BCUT2D eigenvalue weighted by molar-refractivity contribution is 7.91. The molecule has 3 rings (SSSR count). The van der Waals surface area contributed by atoms with Gasteiger partial charge in [0, 0.05) is 25.1 Å². The van der Waals surface area contributed by atoms with Crippen LogP contribution in [0.1, 0.15) is 37.2 Å². The molecule has 0 bridgehead atoms. The van der Waals surface area contributed by atoms with E-state index in [4.69, 9.17) is 0 Å². The molecule has 1 aromatic rings. The van der Waals surface area contributed by atoms with Crippen molar-refractivity contribution in [3.8, 4) is 0 Å². The van der Waals surface area contributed by atoms with Crippen LogP contribution >= 0.6 is 0 Å². The normalized spacial score (nSPS) is 31.4. The predicted octanol–water partition coefficient (Wildman–Crippen LogP) is 1.37. The molecule has 1 aromatic heterocycles. The first kappa shape index (κ1) is 11.3. The molecule has 1 saturated heterocycles. The minimum absolute atomic E-state index is 0.133. The number of aryl methyl sites for hydroxylation is 1. The van der Waals surface area contributed by atoms with Gasteiger partial charge in [0.25, 0.3) is 0 Å². The fraction of sp³-hybridized carbons (Fsp3) is 0.750. The van der Waals surface area contributed by atoms with Crippen LogP contribution in [0.3, 0.4) is 0 Å². The molecular weight excluding hydrogens is 236 g/mol. The Morgan fingerprint density at radius 1 is 1.41 bits per heavy atom. The lowest BCUT2D eigenvalue weighted by molar-refractivity contribution is 0.394. The molecule has 0 amide bonds. The molecule has 2 unspecified atom stereocenters. The zero-order valence-corrected chi connectivity index (χ0v) is 10.9. The first-order valence-corrected chi connectivity index (χ1v) is 8.12. The van der Waals surface area contributed by atoms with Gasteiger partial charge in [0.05, 0.1) is 17.2 Å². The smallest absolute Gasteiger partial charge is 0.151 e. The van der Waals surface area contributed by atoms with Gasteiger partial charge in [-0.15, -0.1) is 0 Å². The van der Waals surface area contributed by atoms with Crippen molar-refractivity contribution in [3.05, 3.63) is 17.7 Å². The lowest BCUT2D eigenvalue weighted by Crippen LogP contribution is -2.17. The summed E-state index contributed by atoms with van der Waals surface area (Å²) in [5, 5.41) is 0. The first-order valence-electron chi connectivity index (χ1n) is 6.30. The zero-order chi connectivity index (χ0) is 12.0. The molecule has 4 nitrogen and oxygen atoms in total. The Bertz CT molecular complexity index is 533. The van der Waals surface area contributed by atoms with E-state index < -0.39 is 9.84 Å². The fourth-order valence-electron chi connectivity index (χ4n) is 2.86. The van der Waals surface area contributed by atoms with Crippen LogP contribution in [0.2, 0.25) is 0 Å². The van der Waals surface area contributed by atoms with Crippen molar-refractivity contribution in [1.82, 2.24) is 9.55 Å². The molecule has 2 aliphatic heterocycles. The van der Waals surface area contributed by atoms with Crippen LogP contribution in [0.15, 0.2) is 6.20 Å². The third kappa shape index (κ3) is 2.12. The largest absolute Gasteiger partial charge is 0.334 e. The number of rotatable bonds is 1. The van der Waals surface area contributed by atoms with E-state index >= 15 is 0 Å². The second kappa shape index (κ2) is 3.83. The molecular formula is C12H18N2O2S. The van der Waals surface area contributed by atoms with Crippen LogP contribution in [0.4, 0.5) is 0 Å². The van der Waals surface area contributed by atoms with Crippen molar-refractivity contribution in [2.75, 3.05) is 11.5 Å². The van der Waals surface area contributed by atoms with Gasteiger partial charge in [-0.3, -0.25) is 0 Å². The predicted molar refractivity (Wildman–Crippen MR) is 65.7 cm³/mol. The molecule has 2 aliphatic rings. The highest BCUT2D eigenvalue weighted by atomic mass is 32.2. The molecule has 94 valence electrons. The van der Waals surface area contributed by atoms with Gasteiger partial charge in [0.15, 0.2) is 9.84 Å². The lowest BCUT2D eigenvalue weighted by Gasteiger charge is -2.19. The van der Waals surface area contributed by atoms with E-state index in [1.807, 2.05) is 0 Å². The summed E-state index contributed by atoms with van der Waals surface area (Å²) in [7, 11) is -2.81. The first-order chi connectivity index (χ1) is 8.03. The Balaban J connectivity index is 1.86. The van der Waals surface area contributed by atoms with Crippen LogP contribution in [-0.4, -0.2) is 29.5 Å². The van der Waals surface area contributed by atoms with Crippen molar-refractivity contribution in [2.45, 2.75) is 38.6 Å². The van der Waals surface area contributed by atoms with Crippen LogP contribution < -0.4 is 0 Å². The van der Waals surface area contributed by atoms with Crippen molar-refractivity contribution in [1.29, 1.82) is 0 Å². The summed E-state index contributed by atoms with van der Waals surface area (Å²) in [5.74, 6) is 2.60. The number of imidazole rings is 1. The Labute approximate surface area is 102 Å². The van der Waals surface area contributed by atoms with Crippen molar-refractivity contribution >= 4 is 9.84 Å². The Kier molecular flexibility index (Phi) is 2.54. The third-order valence-electron chi connectivity index (χ3n) is 3.90. The monoisotopic (exact) mass is 254 g/mol. The Morgan fingerprint density at radius 2 is 2.24 bits per heavy atom. The van der Waals surface area contributed by atoms with E-state index in [1.165, 1.54) is 6.42 Å². The minimum Gasteiger partial charge on any atom is -0.334 e. The summed E-state index contributed by atoms with van der Waals surface area (Å²) in [5.41, 5.74) is 0.996. The molecule has 2 atom stereocenters. The molecule has 3 heterocycles. The van der Waals surface area contributed by atoms with E-state index in [0.717, 1.165) is 30.9 Å². The number of hydrogen-bond acceptors (Lipinski definition) is 3. The summed E-state index contributed by atoms with van der Waals surface area (Å²) in [6.07, 6.45) is 5.05. The summed E-state index contributed by atoms with van der Waals surface area (Å²) >= 11 is 0. The minimum atomic E-state index is -2.81. The maximum absolute atomic E-state index is 11.5. The van der Waals surface area contributed by atoms with Crippen molar-refractivity contribution in [3.63, 3.8) is 0 Å².